The van der Waals surface area contributed by atoms with Gasteiger partial charge < -0.3 is 15.0 Å². The maximum absolute atomic E-state index is 12.1. The van der Waals surface area contributed by atoms with Crippen LogP contribution < -0.4 is 5.32 Å². The first-order chi connectivity index (χ1) is 10.6. The van der Waals surface area contributed by atoms with Crippen LogP contribution in [0.2, 0.25) is 0 Å². The van der Waals surface area contributed by atoms with E-state index in [4.69, 9.17) is 4.74 Å². The van der Waals surface area contributed by atoms with Crippen LogP contribution in [0.5, 0.6) is 0 Å². The van der Waals surface area contributed by atoms with Crippen LogP contribution in [-0.4, -0.2) is 74.1 Å². The number of nitrogens with one attached hydrogen (secondary N) is 1. The molecular formula is C16H29N3O3. The van der Waals surface area contributed by atoms with Crippen molar-refractivity contribution in [3.63, 3.8) is 0 Å². The van der Waals surface area contributed by atoms with Crippen molar-refractivity contribution in [2.75, 3.05) is 46.4 Å². The van der Waals surface area contributed by atoms with Gasteiger partial charge in [-0.3, -0.25) is 14.5 Å². The predicted molar refractivity (Wildman–Crippen MR) is 84.5 cm³/mol. The zero-order chi connectivity index (χ0) is 15.9. The molecule has 22 heavy (non-hydrogen) atoms. The molecule has 0 radical (unpaired) electrons. The van der Waals surface area contributed by atoms with Gasteiger partial charge >= 0.3 is 0 Å². The van der Waals surface area contributed by atoms with Crippen molar-refractivity contribution in [3.8, 4) is 0 Å². The molecule has 0 bridgehead atoms. The molecule has 2 fully saturated rings. The second kappa shape index (κ2) is 8.48. The lowest BCUT2D eigenvalue weighted by Crippen LogP contribution is -2.48. The van der Waals surface area contributed by atoms with Crippen LogP contribution in [0.4, 0.5) is 0 Å². The highest BCUT2D eigenvalue weighted by Crippen LogP contribution is 2.23. The minimum atomic E-state index is 0.0241. The fourth-order valence-electron chi connectivity index (χ4n) is 3.23. The molecule has 2 atom stereocenters. The van der Waals surface area contributed by atoms with E-state index in [-0.39, 0.29) is 24.9 Å². The van der Waals surface area contributed by atoms with Gasteiger partial charge in [0.15, 0.2) is 0 Å². The molecule has 0 aromatic rings. The lowest BCUT2D eigenvalue weighted by Gasteiger charge is -2.31. The molecule has 6 heteroatoms. The number of hydrogen-bond donors (Lipinski definition) is 1. The van der Waals surface area contributed by atoms with Crippen LogP contribution in [-0.2, 0) is 14.3 Å². The van der Waals surface area contributed by atoms with E-state index in [0.29, 0.717) is 38.3 Å². The van der Waals surface area contributed by atoms with Gasteiger partial charge in [-0.05, 0) is 25.8 Å². The molecule has 6 nitrogen and oxygen atoms in total. The number of carbonyl (C=O) groups is 2. The van der Waals surface area contributed by atoms with Gasteiger partial charge in [0, 0.05) is 19.1 Å². The summed E-state index contributed by atoms with van der Waals surface area (Å²) in [7, 11) is 1.82. The Hall–Kier alpha value is -1.14. The third-order valence-corrected chi connectivity index (χ3v) is 4.64. The van der Waals surface area contributed by atoms with Crippen molar-refractivity contribution in [1.29, 1.82) is 0 Å². The fraction of sp³-hybridized carbons (Fsp3) is 0.875. The van der Waals surface area contributed by atoms with Crippen molar-refractivity contribution in [3.05, 3.63) is 0 Å². The highest BCUT2D eigenvalue weighted by Gasteiger charge is 2.24. The first-order valence-electron chi connectivity index (χ1n) is 8.39. The van der Waals surface area contributed by atoms with Gasteiger partial charge in [-0.25, -0.2) is 0 Å². The van der Waals surface area contributed by atoms with E-state index in [2.05, 4.69) is 12.2 Å². The molecular weight excluding hydrogens is 282 g/mol. The van der Waals surface area contributed by atoms with E-state index in [1.54, 1.807) is 9.80 Å². The Balaban J connectivity index is 1.70. The molecule has 2 amide bonds. The number of likely N-dealkylation sites (N-methyl/N-ethyl adjacent to an activating group) is 1. The topological polar surface area (TPSA) is 61.9 Å². The van der Waals surface area contributed by atoms with E-state index < -0.39 is 0 Å². The number of hydrogen-bond acceptors (Lipinski definition) is 4. The summed E-state index contributed by atoms with van der Waals surface area (Å²) >= 11 is 0. The smallest absolute Gasteiger partial charge is 0.236 e. The van der Waals surface area contributed by atoms with Crippen LogP contribution in [0, 0.1) is 5.92 Å². The molecule has 2 rings (SSSR count). The maximum Gasteiger partial charge on any atom is 0.236 e. The Kier molecular flexibility index (Phi) is 6.64. The van der Waals surface area contributed by atoms with Gasteiger partial charge in [0.25, 0.3) is 0 Å². The largest absolute Gasteiger partial charge is 0.378 e. The van der Waals surface area contributed by atoms with Crippen molar-refractivity contribution >= 4 is 11.8 Å². The number of amides is 2. The Labute approximate surface area is 133 Å². The van der Waals surface area contributed by atoms with Gasteiger partial charge in [-0.2, -0.15) is 0 Å². The van der Waals surface area contributed by atoms with Gasteiger partial charge in [-0.1, -0.05) is 19.8 Å². The van der Waals surface area contributed by atoms with Crippen LogP contribution in [0.3, 0.4) is 0 Å². The van der Waals surface area contributed by atoms with Crippen molar-refractivity contribution in [2.24, 2.45) is 5.92 Å². The quantitative estimate of drug-likeness (QED) is 0.802. The molecule has 0 aromatic heterocycles. The molecule has 0 aromatic carbocycles. The van der Waals surface area contributed by atoms with Gasteiger partial charge in [-0.15, -0.1) is 0 Å². The average Bonchev–Trinajstić information content (AvgIpc) is 2.50. The normalized spacial score (nSPS) is 26.0. The zero-order valence-electron chi connectivity index (χ0n) is 13.8. The molecule has 2 unspecified atom stereocenters. The van der Waals surface area contributed by atoms with Gasteiger partial charge in [0.05, 0.1) is 26.3 Å². The van der Waals surface area contributed by atoms with E-state index in [1.165, 1.54) is 19.3 Å². The zero-order valence-corrected chi connectivity index (χ0v) is 13.8. The minimum Gasteiger partial charge on any atom is -0.378 e. The second-order valence-electron chi connectivity index (χ2n) is 6.60. The first-order valence-corrected chi connectivity index (χ1v) is 8.39. The van der Waals surface area contributed by atoms with Crippen molar-refractivity contribution in [2.45, 2.75) is 38.6 Å². The Morgan fingerprint density at radius 3 is 2.55 bits per heavy atom. The maximum atomic E-state index is 12.1. The summed E-state index contributed by atoms with van der Waals surface area (Å²) in [6, 6.07) is 0.296. The standard InChI is InChI=1S/C16H29N3O3/c1-13-5-3-4-6-14(13)17-15(20)11-18(2)12-16(21)19-7-9-22-10-8-19/h13-14H,3-12H2,1-2H3,(H,17,20). The number of rotatable bonds is 5. The van der Waals surface area contributed by atoms with E-state index in [0.717, 1.165) is 6.42 Å². The molecule has 1 N–H and O–H groups in total. The Morgan fingerprint density at radius 2 is 1.86 bits per heavy atom. The summed E-state index contributed by atoms with van der Waals surface area (Å²) < 4.78 is 5.24. The summed E-state index contributed by atoms with van der Waals surface area (Å²) in [5.74, 6) is 0.652. The molecule has 1 aliphatic heterocycles. The van der Waals surface area contributed by atoms with Crippen molar-refractivity contribution < 1.29 is 14.3 Å². The number of morpholine rings is 1. The van der Waals surface area contributed by atoms with Gasteiger partial charge in [0.1, 0.15) is 0 Å². The molecule has 126 valence electrons. The predicted octanol–water partition coefficient (Wildman–Crippen LogP) is 0.472. The third kappa shape index (κ3) is 5.25. The monoisotopic (exact) mass is 311 g/mol. The summed E-state index contributed by atoms with van der Waals surface area (Å²) in [6.45, 7) is 5.28. The minimum absolute atomic E-state index is 0.0241. The first kappa shape index (κ1) is 17.2. The Morgan fingerprint density at radius 1 is 1.18 bits per heavy atom. The summed E-state index contributed by atoms with van der Waals surface area (Å²) in [5.41, 5.74) is 0. The molecule has 1 saturated heterocycles. The highest BCUT2D eigenvalue weighted by molar-refractivity contribution is 5.81. The molecule has 0 spiro atoms. The van der Waals surface area contributed by atoms with Crippen LogP contribution in [0.15, 0.2) is 0 Å². The van der Waals surface area contributed by atoms with Crippen LogP contribution in [0.1, 0.15) is 32.6 Å². The SMILES string of the molecule is CC1CCCCC1NC(=O)CN(C)CC(=O)N1CCOCC1. The fourth-order valence-corrected chi connectivity index (χ4v) is 3.23. The lowest BCUT2D eigenvalue weighted by molar-refractivity contribution is -0.136. The van der Waals surface area contributed by atoms with E-state index in [9.17, 15) is 9.59 Å². The van der Waals surface area contributed by atoms with Crippen molar-refractivity contribution in [1.82, 2.24) is 15.1 Å². The van der Waals surface area contributed by atoms with E-state index in [1.807, 2.05) is 7.05 Å². The number of ether oxygens (including phenoxy) is 1. The molecule has 2 aliphatic rings. The van der Waals surface area contributed by atoms with E-state index >= 15 is 0 Å². The molecule has 1 saturated carbocycles. The third-order valence-electron chi connectivity index (χ3n) is 4.64. The summed E-state index contributed by atoms with van der Waals surface area (Å²) in [4.78, 5) is 27.9. The molecule has 1 aliphatic carbocycles. The van der Waals surface area contributed by atoms with Gasteiger partial charge in [0.2, 0.25) is 11.8 Å². The average molecular weight is 311 g/mol. The number of nitrogens with zero attached hydrogens (tertiary/aromatic N) is 2. The summed E-state index contributed by atoms with van der Waals surface area (Å²) in [6.07, 6.45) is 4.72. The lowest BCUT2D eigenvalue weighted by atomic mass is 9.86. The Bertz CT molecular complexity index is 383. The van der Waals surface area contributed by atoms with Crippen LogP contribution >= 0.6 is 0 Å². The van der Waals surface area contributed by atoms with Crippen LogP contribution in [0.25, 0.3) is 0 Å². The second-order valence-corrected chi connectivity index (χ2v) is 6.60. The number of carbonyl (C=O) groups excluding carboxylic acids is 2. The molecule has 1 heterocycles. The highest BCUT2D eigenvalue weighted by atomic mass is 16.5. The summed E-state index contributed by atoms with van der Waals surface area (Å²) in [5, 5.41) is 3.13.